The van der Waals surface area contributed by atoms with Gasteiger partial charge in [-0.25, -0.2) is 4.98 Å². The highest BCUT2D eigenvalue weighted by molar-refractivity contribution is 5.69. The summed E-state index contributed by atoms with van der Waals surface area (Å²) >= 11 is 0. The van der Waals surface area contributed by atoms with Gasteiger partial charge < -0.3 is 15.4 Å². The van der Waals surface area contributed by atoms with Gasteiger partial charge in [0, 0.05) is 25.4 Å². The Bertz CT molecular complexity index is 361. The first-order valence-electron chi connectivity index (χ1n) is 4.92. The van der Waals surface area contributed by atoms with E-state index in [2.05, 4.69) is 14.7 Å². The largest absolute Gasteiger partial charge is 0.469 e. The molecule has 1 heterocycles. The predicted octanol–water partition coefficient (Wildman–Crippen LogP) is 0.367. The number of rotatable bonds is 4. The van der Waals surface area contributed by atoms with Gasteiger partial charge in [0.15, 0.2) is 0 Å². The third-order valence-corrected chi connectivity index (χ3v) is 2.13. The molecule has 0 saturated heterocycles. The van der Waals surface area contributed by atoms with Crippen molar-refractivity contribution < 1.29 is 9.53 Å². The number of aromatic nitrogens is 2. The van der Waals surface area contributed by atoms with E-state index in [1.807, 2.05) is 24.9 Å². The molecule has 2 N–H and O–H groups in total. The predicted molar refractivity (Wildman–Crippen MR) is 61.1 cm³/mol. The molecular formula is C10H16N4O2. The minimum Gasteiger partial charge on any atom is -0.469 e. The van der Waals surface area contributed by atoms with Crippen LogP contribution in [0, 0.1) is 6.92 Å². The van der Waals surface area contributed by atoms with E-state index in [9.17, 15) is 4.79 Å². The summed E-state index contributed by atoms with van der Waals surface area (Å²) in [6.45, 7) is 2.37. The van der Waals surface area contributed by atoms with Gasteiger partial charge in [0.25, 0.3) is 0 Å². The van der Waals surface area contributed by atoms with Crippen molar-refractivity contribution in [2.45, 2.75) is 13.3 Å². The Balaban J connectivity index is 2.65. The molecule has 6 heteroatoms. The second-order valence-electron chi connectivity index (χ2n) is 3.47. The molecule has 0 aromatic carbocycles. The van der Waals surface area contributed by atoms with Gasteiger partial charge >= 0.3 is 5.97 Å². The Morgan fingerprint density at radius 1 is 1.56 bits per heavy atom. The fraction of sp³-hybridized carbons (Fsp3) is 0.500. The van der Waals surface area contributed by atoms with Gasteiger partial charge in [-0.05, 0) is 6.92 Å². The molecule has 0 saturated carbocycles. The Hall–Kier alpha value is -1.85. The summed E-state index contributed by atoms with van der Waals surface area (Å²) in [6.07, 6.45) is 0.315. The molecule has 0 aliphatic heterocycles. The van der Waals surface area contributed by atoms with E-state index in [1.165, 1.54) is 7.11 Å². The number of anilines is 2. The maximum atomic E-state index is 11.0. The third-order valence-electron chi connectivity index (χ3n) is 2.13. The maximum Gasteiger partial charge on any atom is 0.307 e. The van der Waals surface area contributed by atoms with Crippen molar-refractivity contribution in [2.24, 2.45) is 0 Å². The van der Waals surface area contributed by atoms with Crippen LogP contribution in [0.15, 0.2) is 6.07 Å². The lowest BCUT2D eigenvalue weighted by Crippen LogP contribution is -2.23. The molecular weight excluding hydrogens is 208 g/mol. The number of carbonyl (C=O) groups is 1. The molecule has 0 spiro atoms. The summed E-state index contributed by atoms with van der Waals surface area (Å²) in [6, 6.07) is 1.81. The molecule has 0 amide bonds. The summed E-state index contributed by atoms with van der Waals surface area (Å²) in [7, 11) is 3.21. The molecule has 0 bridgehead atoms. The molecule has 0 aliphatic carbocycles. The smallest absolute Gasteiger partial charge is 0.307 e. The molecule has 0 radical (unpaired) electrons. The molecule has 1 aromatic rings. The summed E-state index contributed by atoms with van der Waals surface area (Å²) in [4.78, 5) is 20.9. The number of carbonyl (C=O) groups excluding carboxylic acids is 1. The van der Waals surface area contributed by atoms with Crippen molar-refractivity contribution in [3.05, 3.63) is 11.8 Å². The average Bonchev–Trinajstić information content (AvgIpc) is 2.23. The minimum atomic E-state index is -0.245. The standard InChI is InChI=1S/C10H16N4O2/c1-7-6-8(13-10(11)12-7)14(2)5-4-9(15)16-3/h6H,4-5H2,1-3H3,(H2,11,12,13). The molecule has 0 atom stereocenters. The first kappa shape index (κ1) is 12.2. The molecule has 16 heavy (non-hydrogen) atoms. The van der Waals surface area contributed by atoms with E-state index in [1.54, 1.807) is 0 Å². The lowest BCUT2D eigenvalue weighted by atomic mass is 10.3. The van der Waals surface area contributed by atoms with Gasteiger partial charge in [0.2, 0.25) is 5.95 Å². The first-order valence-corrected chi connectivity index (χ1v) is 4.92. The molecule has 0 fully saturated rings. The van der Waals surface area contributed by atoms with Crippen LogP contribution in [0.2, 0.25) is 0 Å². The zero-order valence-electron chi connectivity index (χ0n) is 9.73. The molecule has 88 valence electrons. The fourth-order valence-electron chi connectivity index (χ4n) is 1.25. The van der Waals surface area contributed by atoms with Crippen LogP contribution in [0.4, 0.5) is 11.8 Å². The summed E-state index contributed by atoms with van der Waals surface area (Å²) in [5, 5.41) is 0. The van der Waals surface area contributed by atoms with E-state index in [0.29, 0.717) is 18.8 Å². The topological polar surface area (TPSA) is 81.3 Å². The van der Waals surface area contributed by atoms with E-state index in [4.69, 9.17) is 5.73 Å². The highest BCUT2D eigenvalue weighted by atomic mass is 16.5. The number of esters is 1. The number of ether oxygens (including phenoxy) is 1. The zero-order chi connectivity index (χ0) is 12.1. The Labute approximate surface area is 94.4 Å². The fourth-order valence-corrected chi connectivity index (χ4v) is 1.25. The van der Waals surface area contributed by atoms with Gasteiger partial charge in [-0.2, -0.15) is 4.98 Å². The van der Waals surface area contributed by atoms with Crippen molar-refractivity contribution in [3.63, 3.8) is 0 Å². The first-order chi connectivity index (χ1) is 7.52. The van der Waals surface area contributed by atoms with Crippen LogP contribution in [0.1, 0.15) is 12.1 Å². The summed E-state index contributed by atoms with van der Waals surface area (Å²) < 4.78 is 4.56. The van der Waals surface area contributed by atoms with Gasteiger partial charge in [-0.1, -0.05) is 0 Å². The maximum absolute atomic E-state index is 11.0. The third kappa shape index (κ3) is 3.38. The van der Waals surface area contributed by atoms with Crippen LogP contribution in [0.25, 0.3) is 0 Å². The van der Waals surface area contributed by atoms with Crippen molar-refractivity contribution in [1.82, 2.24) is 9.97 Å². The number of aryl methyl sites for hydroxylation is 1. The Kier molecular flexibility index (Phi) is 4.04. The Morgan fingerprint density at radius 2 is 2.25 bits per heavy atom. The van der Waals surface area contributed by atoms with Crippen molar-refractivity contribution in [2.75, 3.05) is 31.3 Å². The second-order valence-corrected chi connectivity index (χ2v) is 3.47. The van der Waals surface area contributed by atoms with E-state index in [-0.39, 0.29) is 11.9 Å². The van der Waals surface area contributed by atoms with Crippen LogP contribution in [0.3, 0.4) is 0 Å². The van der Waals surface area contributed by atoms with Crippen LogP contribution in [-0.4, -0.2) is 36.6 Å². The number of nitrogen functional groups attached to an aromatic ring is 1. The minimum absolute atomic E-state index is 0.236. The lowest BCUT2D eigenvalue weighted by Gasteiger charge is -2.17. The molecule has 1 aromatic heterocycles. The van der Waals surface area contributed by atoms with Crippen molar-refractivity contribution in [1.29, 1.82) is 0 Å². The number of hydrogen-bond donors (Lipinski definition) is 1. The summed E-state index contributed by atoms with van der Waals surface area (Å²) in [5.74, 6) is 0.694. The van der Waals surface area contributed by atoms with Crippen LogP contribution < -0.4 is 10.6 Å². The SMILES string of the molecule is COC(=O)CCN(C)c1cc(C)nc(N)n1. The van der Waals surface area contributed by atoms with E-state index in [0.717, 1.165) is 5.69 Å². The average molecular weight is 224 g/mol. The molecule has 0 aliphatic rings. The molecule has 1 rings (SSSR count). The zero-order valence-corrected chi connectivity index (χ0v) is 9.73. The highest BCUT2D eigenvalue weighted by Crippen LogP contribution is 2.11. The monoisotopic (exact) mass is 224 g/mol. The number of methoxy groups -OCH3 is 1. The molecule has 0 unspecified atom stereocenters. The Morgan fingerprint density at radius 3 is 2.81 bits per heavy atom. The van der Waals surface area contributed by atoms with Gasteiger partial charge in [-0.3, -0.25) is 4.79 Å². The normalized spacial score (nSPS) is 9.94. The summed E-state index contributed by atoms with van der Waals surface area (Å²) in [5.41, 5.74) is 6.34. The van der Waals surface area contributed by atoms with Crippen LogP contribution >= 0.6 is 0 Å². The van der Waals surface area contributed by atoms with E-state index < -0.39 is 0 Å². The van der Waals surface area contributed by atoms with Crippen molar-refractivity contribution >= 4 is 17.7 Å². The highest BCUT2D eigenvalue weighted by Gasteiger charge is 2.07. The van der Waals surface area contributed by atoms with Crippen LogP contribution in [-0.2, 0) is 9.53 Å². The van der Waals surface area contributed by atoms with Gasteiger partial charge in [0.05, 0.1) is 13.5 Å². The quantitative estimate of drug-likeness (QED) is 0.744. The number of hydrogen-bond acceptors (Lipinski definition) is 6. The second kappa shape index (κ2) is 5.29. The van der Waals surface area contributed by atoms with Gasteiger partial charge in [0.1, 0.15) is 5.82 Å². The van der Waals surface area contributed by atoms with Crippen molar-refractivity contribution in [3.8, 4) is 0 Å². The number of nitrogens with zero attached hydrogens (tertiary/aromatic N) is 3. The lowest BCUT2D eigenvalue weighted by molar-refractivity contribution is -0.140. The van der Waals surface area contributed by atoms with E-state index >= 15 is 0 Å². The van der Waals surface area contributed by atoms with Crippen LogP contribution in [0.5, 0.6) is 0 Å². The molecule has 6 nitrogen and oxygen atoms in total. The number of nitrogens with two attached hydrogens (primary N) is 1. The van der Waals surface area contributed by atoms with Gasteiger partial charge in [-0.15, -0.1) is 0 Å².